The molecule has 6 heteroatoms. The first-order valence-electron chi connectivity index (χ1n) is 6.86. The number of H-pyrrole nitrogens is 1. The zero-order valence-electron chi connectivity index (χ0n) is 12.0. The summed E-state index contributed by atoms with van der Waals surface area (Å²) in [6, 6.07) is 3.74. The molecule has 1 heterocycles. The van der Waals surface area contributed by atoms with Crippen LogP contribution in [0.5, 0.6) is 0 Å². The van der Waals surface area contributed by atoms with Crippen molar-refractivity contribution in [3.8, 4) is 11.3 Å². The van der Waals surface area contributed by atoms with Crippen LogP contribution in [0.3, 0.4) is 0 Å². The van der Waals surface area contributed by atoms with Crippen molar-refractivity contribution < 1.29 is 13.9 Å². The number of aliphatic hydroxyl groups is 1. The highest BCUT2D eigenvalue weighted by atomic mass is 19.1. The Morgan fingerprint density at radius 3 is 2.57 bits per heavy atom. The third-order valence-electron chi connectivity index (χ3n) is 3.37. The molecule has 1 aromatic heterocycles. The maximum atomic E-state index is 13.8. The number of hydrogen-bond acceptors (Lipinski definition) is 3. The maximum absolute atomic E-state index is 13.8. The quantitative estimate of drug-likeness (QED) is 0.767. The summed E-state index contributed by atoms with van der Waals surface area (Å²) >= 11 is 0. The molecular weight excluding hydrogens is 276 g/mol. The summed E-state index contributed by atoms with van der Waals surface area (Å²) in [6.07, 6.45) is 1.06. The normalized spacial score (nSPS) is 12.9. The van der Waals surface area contributed by atoms with E-state index >= 15 is 0 Å². The lowest BCUT2D eigenvalue weighted by Gasteiger charge is -2.15. The molecule has 0 saturated heterocycles. The molecule has 0 bridgehead atoms. The summed E-state index contributed by atoms with van der Waals surface area (Å²) in [7, 11) is 0. The molecule has 0 amide bonds. The number of aliphatic hydroxyl groups excluding tert-OH is 1. The van der Waals surface area contributed by atoms with E-state index in [-0.39, 0.29) is 11.5 Å². The van der Waals surface area contributed by atoms with Crippen LogP contribution in [0, 0.1) is 17.6 Å². The van der Waals surface area contributed by atoms with Gasteiger partial charge in [0.15, 0.2) is 0 Å². The lowest BCUT2D eigenvalue weighted by Crippen LogP contribution is -2.30. The molecule has 0 aliphatic carbocycles. The molecule has 114 valence electrons. The molecule has 0 aliphatic heterocycles. The van der Waals surface area contributed by atoms with Crippen LogP contribution in [0.4, 0.5) is 8.78 Å². The Bertz CT molecular complexity index is 578. The van der Waals surface area contributed by atoms with E-state index in [9.17, 15) is 13.9 Å². The number of aromatic nitrogens is 2. The van der Waals surface area contributed by atoms with Gasteiger partial charge in [0, 0.05) is 18.7 Å². The third kappa shape index (κ3) is 3.65. The highest BCUT2D eigenvalue weighted by Gasteiger charge is 2.17. The molecule has 2 rings (SSSR count). The van der Waals surface area contributed by atoms with Gasteiger partial charge in [0.05, 0.1) is 23.6 Å². The molecule has 2 aromatic rings. The topological polar surface area (TPSA) is 60.9 Å². The first kappa shape index (κ1) is 15.6. The average molecular weight is 295 g/mol. The van der Waals surface area contributed by atoms with Crippen molar-refractivity contribution in [1.82, 2.24) is 15.5 Å². The van der Waals surface area contributed by atoms with Crippen molar-refractivity contribution in [1.29, 1.82) is 0 Å². The van der Waals surface area contributed by atoms with Gasteiger partial charge in [-0.05, 0) is 18.1 Å². The highest BCUT2D eigenvalue weighted by molar-refractivity contribution is 5.64. The lowest BCUT2D eigenvalue weighted by atomic mass is 10.1. The SMILES string of the molecule is CC(C)C(O)CNCc1cn[nH]c1-c1c(F)cccc1F. The van der Waals surface area contributed by atoms with Crippen LogP contribution in [0.2, 0.25) is 0 Å². The van der Waals surface area contributed by atoms with Gasteiger partial charge in [0.2, 0.25) is 0 Å². The van der Waals surface area contributed by atoms with Crippen molar-refractivity contribution in [3.05, 3.63) is 41.6 Å². The Hall–Kier alpha value is -1.79. The minimum Gasteiger partial charge on any atom is -0.392 e. The summed E-state index contributed by atoms with van der Waals surface area (Å²) in [5.41, 5.74) is 0.850. The molecule has 0 aliphatic rings. The number of halogens is 2. The Morgan fingerprint density at radius 2 is 1.95 bits per heavy atom. The largest absolute Gasteiger partial charge is 0.392 e. The molecule has 1 atom stereocenters. The monoisotopic (exact) mass is 295 g/mol. The van der Waals surface area contributed by atoms with E-state index < -0.39 is 17.7 Å². The van der Waals surface area contributed by atoms with Crippen molar-refractivity contribution in [2.24, 2.45) is 5.92 Å². The second-order valence-electron chi connectivity index (χ2n) is 5.31. The van der Waals surface area contributed by atoms with Gasteiger partial charge in [-0.2, -0.15) is 5.10 Å². The van der Waals surface area contributed by atoms with Crippen molar-refractivity contribution >= 4 is 0 Å². The predicted octanol–water partition coefficient (Wildman–Crippen LogP) is 2.46. The molecule has 4 nitrogen and oxygen atoms in total. The maximum Gasteiger partial charge on any atom is 0.135 e. The molecule has 1 aromatic carbocycles. The van der Waals surface area contributed by atoms with E-state index in [1.165, 1.54) is 24.4 Å². The van der Waals surface area contributed by atoms with E-state index in [1.54, 1.807) is 0 Å². The zero-order valence-corrected chi connectivity index (χ0v) is 12.0. The molecular formula is C15H19F2N3O. The van der Waals surface area contributed by atoms with Gasteiger partial charge in [0.25, 0.3) is 0 Å². The van der Waals surface area contributed by atoms with Crippen molar-refractivity contribution in [3.63, 3.8) is 0 Å². The van der Waals surface area contributed by atoms with E-state index in [1.807, 2.05) is 13.8 Å². The molecule has 21 heavy (non-hydrogen) atoms. The van der Waals surface area contributed by atoms with Gasteiger partial charge in [0.1, 0.15) is 11.6 Å². The van der Waals surface area contributed by atoms with Crippen LogP contribution in [-0.4, -0.2) is 28.0 Å². The second kappa shape index (κ2) is 6.78. The summed E-state index contributed by atoms with van der Waals surface area (Å²) in [4.78, 5) is 0. The van der Waals surface area contributed by atoms with E-state index in [0.29, 0.717) is 24.3 Å². The average Bonchev–Trinajstić information content (AvgIpc) is 2.86. The number of hydrogen-bond donors (Lipinski definition) is 3. The zero-order chi connectivity index (χ0) is 15.4. The van der Waals surface area contributed by atoms with E-state index in [4.69, 9.17) is 0 Å². The molecule has 0 fully saturated rings. The van der Waals surface area contributed by atoms with Crippen LogP contribution in [-0.2, 0) is 6.54 Å². The fourth-order valence-electron chi connectivity index (χ4n) is 1.99. The van der Waals surface area contributed by atoms with Crippen LogP contribution in [0.15, 0.2) is 24.4 Å². The van der Waals surface area contributed by atoms with Crippen LogP contribution >= 0.6 is 0 Å². The summed E-state index contributed by atoms with van der Waals surface area (Å²) in [5.74, 6) is -1.13. The predicted molar refractivity (Wildman–Crippen MR) is 76.5 cm³/mol. The fourth-order valence-corrected chi connectivity index (χ4v) is 1.99. The Morgan fingerprint density at radius 1 is 1.29 bits per heavy atom. The molecule has 0 saturated carbocycles. The molecule has 0 spiro atoms. The fraction of sp³-hybridized carbons (Fsp3) is 0.400. The summed E-state index contributed by atoms with van der Waals surface area (Å²) < 4.78 is 27.6. The number of rotatable bonds is 6. The minimum atomic E-state index is -0.636. The van der Waals surface area contributed by atoms with Gasteiger partial charge in [-0.1, -0.05) is 19.9 Å². The smallest absolute Gasteiger partial charge is 0.135 e. The summed E-state index contributed by atoms with van der Waals surface area (Å²) in [5, 5.41) is 19.3. The van der Waals surface area contributed by atoms with Gasteiger partial charge in [-0.3, -0.25) is 5.10 Å². The first-order chi connectivity index (χ1) is 10.0. The van der Waals surface area contributed by atoms with Crippen LogP contribution in [0.25, 0.3) is 11.3 Å². The summed E-state index contributed by atoms with van der Waals surface area (Å²) in [6.45, 7) is 4.61. The minimum absolute atomic E-state index is 0.115. The van der Waals surface area contributed by atoms with Crippen LogP contribution in [0.1, 0.15) is 19.4 Å². The van der Waals surface area contributed by atoms with Gasteiger partial charge < -0.3 is 10.4 Å². The van der Waals surface area contributed by atoms with Crippen molar-refractivity contribution in [2.75, 3.05) is 6.54 Å². The Balaban J connectivity index is 2.12. The number of aromatic amines is 1. The Kier molecular flexibility index (Phi) is 5.03. The highest BCUT2D eigenvalue weighted by Crippen LogP contribution is 2.26. The van der Waals surface area contributed by atoms with Crippen molar-refractivity contribution in [2.45, 2.75) is 26.5 Å². The molecule has 3 N–H and O–H groups in total. The first-order valence-corrected chi connectivity index (χ1v) is 6.86. The lowest BCUT2D eigenvalue weighted by molar-refractivity contribution is 0.123. The van der Waals surface area contributed by atoms with Gasteiger partial charge in [-0.15, -0.1) is 0 Å². The molecule has 0 radical (unpaired) electrons. The van der Waals surface area contributed by atoms with E-state index in [0.717, 1.165) is 0 Å². The van der Waals surface area contributed by atoms with E-state index in [2.05, 4.69) is 15.5 Å². The second-order valence-corrected chi connectivity index (χ2v) is 5.31. The van der Waals surface area contributed by atoms with Gasteiger partial charge >= 0.3 is 0 Å². The van der Waals surface area contributed by atoms with Crippen LogP contribution < -0.4 is 5.32 Å². The number of nitrogens with one attached hydrogen (secondary N) is 2. The number of benzene rings is 1. The third-order valence-corrected chi connectivity index (χ3v) is 3.37. The Labute approximate surface area is 122 Å². The number of nitrogens with zero attached hydrogens (tertiary/aromatic N) is 1. The standard InChI is InChI=1S/C15H19F2N3O/c1-9(2)13(21)8-18-6-10-7-19-20-15(10)14-11(16)4-3-5-12(14)17/h3-5,7,9,13,18,21H,6,8H2,1-2H3,(H,19,20). The molecule has 1 unspecified atom stereocenters. The van der Waals surface area contributed by atoms with Gasteiger partial charge in [-0.25, -0.2) is 8.78 Å².